The second-order valence-electron chi connectivity index (χ2n) is 18.9. The van der Waals surface area contributed by atoms with E-state index in [1.54, 1.807) is 17.7 Å². The fourth-order valence-corrected chi connectivity index (χ4v) is 11.6. The van der Waals surface area contributed by atoms with Crippen LogP contribution in [0.3, 0.4) is 0 Å². The van der Waals surface area contributed by atoms with Gasteiger partial charge in [-0.15, -0.1) is 0 Å². The molecule has 1 aromatic rings. The van der Waals surface area contributed by atoms with Gasteiger partial charge >= 0.3 is 0 Å². The van der Waals surface area contributed by atoms with Crippen LogP contribution in [-0.4, -0.2) is 43.9 Å². The zero-order valence-electron chi connectivity index (χ0n) is 33.2. The van der Waals surface area contributed by atoms with Crippen molar-refractivity contribution in [3.63, 3.8) is 0 Å². The molecule has 0 radical (unpaired) electrons. The van der Waals surface area contributed by atoms with Crippen LogP contribution in [0.25, 0.3) is 0 Å². The van der Waals surface area contributed by atoms with Crippen molar-refractivity contribution in [2.45, 2.75) is 161 Å². The van der Waals surface area contributed by atoms with Gasteiger partial charge in [-0.1, -0.05) is 103 Å². The average Bonchev–Trinajstić information content (AvgIpc) is 3.33. The second-order valence-corrected chi connectivity index (χ2v) is 30.0. The Morgan fingerprint density at radius 3 is 1.96 bits per heavy atom. The van der Waals surface area contributed by atoms with Crippen molar-refractivity contribution < 1.29 is 21.5 Å². The molecule has 1 aromatic carbocycles. The van der Waals surface area contributed by atoms with Crippen LogP contribution in [0.1, 0.15) is 106 Å². The maximum Gasteiger partial charge on any atom is 0.296 e. The Bertz CT molecular complexity index is 1470. The normalized spacial score (nSPS) is 29.8. The van der Waals surface area contributed by atoms with E-state index in [-0.39, 0.29) is 45.1 Å². The predicted molar refractivity (Wildman–Crippen MR) is 210 cm³/mol. The van der Waals surface area contributed by atoms with E-state index >= 15 is 0 Å². The molecule has 3 aliphatic rings. The van der Waals surface area contributed by atoms with Crippen molar-refractivity contribution in [1.29, 1.82) is 0 Å². The van der Waals surface area contributed by atoms with Gasteiger partial charge in [0.05, 0.1) is 23.7 Å². The number of fused-ring (bicyclic) bond motifs is 1. The Labute approximate surface area is 302 Å². The Morgan fingerprint density at radius 1 is 0.918 bits per heavy atom. The van der Waals surface area contributed by atoms with Gasteiger partial charge in [0.25, 0.3) is 10.1 Å². The minimum absolute atomic E-state index is 0.0291. The summed E-state index contributed by atoms with van der Waals surface area (Å²) in [5, 5.41) is 0.232. The summed E-state index contributed by atoms with van der Waals surface area (Å²) in [5.74, 6) is 1.08. The maximum atomic E-state index is 13.0. The van der Waals surface area contributed by atoms with Crippen molar-refractivity contribution in [2.24, 2.45) is 23.2 Å². The Kier molecular flexibility index (Phi) is 12.1. The first kappa shape index (κ1) is 40.5. The number of aryl methyl sites for hydroxylation is 1. The van der Waals surface area contributed by atoms with Crippen LogP contribution in [0.5, 0.6) is 0 Å². The molecule has 1 unspecified atom stereocenters. The molecule has 0 amide bonds. The molecule has 0 aliphatic heterocycles. The highest BCUT2D eigenvalue weighted by atomic mass is 32.2. The fraction of sp³-hybridized carbons (Fsp3) is 0.707. The fourth-order valence-electron chi connectivity index (χ4n) is 7.99. The first-order valence-electron chi connectivity index (χ1n) is 18.8. The van der Waals surface area contributed by atoms with Crippen molar-refractivity contribution in [3.05, 3.63) is 65.3 Å². The minimum atomic E-state index is -3.78. The van der Waals surface area contributed by atoms with Crippen LogP contribution in [0.4, 0.5) is 0 Å². The number of rotatable bonds is 10. The van der Waals surface area contributed by atoms with E-state index in [2.05, 4.69) is 100 Å². The van der Waals surface area contributed by atoms with E-state index in [0.29, 0.717) is 11.8 Å². The Balaban J connectivity index is 1.54. The topological polar surface area (TPSA) is 61.8 Å². The SMILES string of the molecule is C=C1[C@@H](O[Si](C)(C)C(C)(C)C)C/C(=C\C=C2/CCC[C@]3(C)[C@@H](C(C)COS(=O)(=O)c4ccc(C)cc4)CC[C@@H]23)C[C@H]1O[Si](C)(C)C(C)(C)C. The lowest BCUT2D eigenvalue weighted by Gasteiger charge is -2.46. The lowest BCUT2D eigenvalue weighted by atomic mass is 9.61. The highest BCUT2D eigenvalue weighted by molar-refractivity contribution is 7.86. The van der Waals surface area contributed by atoms with Crippen LogP contribution < -0.4 is 0 Å². The van der Waals surface area contributed by atoms with Gasteiger partial charge in [-0.2, -0.15) is 8.42 Å². The minimum Gasteiger partial charge on any atom is -0.410 e. The van der Waals surface area contributed by atoms with E-state index in [1.165, 1.54) is 18.4 Å². The summed E-state index contributed by atoms with van der Waals surface area (Å²) in [6.45, 7) is 34.6. The van der Waals surface area contributed by atoms with Crippen molar-refractivity contribution in [1.82, 2.24) is 0 Å². The molecule has 0 bridgehead atoms. The molecule has 49 heavy (non-hydrogen) atoms. The monoisotopic (exact) mass is 728 g/mol. The highest BCUT2D eigenvalue weighted by Crippen LogP contribution is 2.59. The molecule has 6 atom stereocenters. The second kappa shape index (κ2) is 14.6. The molecule has 3 fully saturated rings. The molecule has 0 aromatic heterocycles. The molecule has 0 heterocycles. The molecule has 5 nitrogen and oxygen atoms in total. The summed E-state index contributed by atoms with van der Waals surface area (Å²) in [7, 11) is -7.83. The van der Waals surface area contributed by atoms with Crippen molar-refractivity contribution >= 4 is 26.8 Å². The largest absolute Gasteiger partial charge is 0.410 e. The zero-order chi connectivity index (χ0) is 36.8. The van der Waals surface area contributed by atoms with E-state index in [0.717, 1.165) is 43.2 Å². The third-order valence-electron chi connectivity index (χ3n) is 13.3. The maximum absolute atomic E-state index is 13.0. The van der Waals surface area contributed by atoms with Crippen LogP contribution in [0.15, 0.2) is 64.6 Å². The molecule has 4 rings (SSSR count). The van der Waals surface area contributed by atoms with Gasteiger partial charge < -0.3 is 8.85 Å². The predicted octanol–water partition coefficient (Wildman–Crippen LogP) is 11.5. The van der Waals surface area contributed by atoms with E-state index in [9.17, 15) is 8.42 Å². The average molecular weight is 729 g/mol. The smallest absolute Gasteiger partial charge is 0.296 e. The summed E-state index contributed by atoms with van der Waals surface area (Å²) in [5.41, 5.74) is 5.24. The van der Waals surface area contributed by atoms with Crippen LogP contribution in [0, 0.1) is 30.1 Å². The van der Waals surface area contributed by atoms with Gasteiger partial charge in [-0.3, -0.25) is 4.18 Å². The Morgan fingerprint density at radius 2 is 1.45 bits per heavy atom. The molecule has 3 saturated carbocycles. The highest BCUT2D eigenvalue weighted by Gasteiger charge is 2.51. The third-order valence-corrected chi connectivity index (χ3v) is 23.5. The molecule has 3 aliphatic carbocycles. The first-order valence-corrected chi connectivity index (χ1v) is 26.0. The third kappa shape index (κ3) is 9.02. The van der Waals surface area contributed by atoms with Crippen LogP contribution in [-0.2, 0) is 23.2 Å². The Hall–Kier alpha value is -1.30. The van der Waals surface area contributed by atoms with Gasteiger partial charge in [-0.25, -0.2) is 0 Å². The molecule has 8 heteroatoms. The zero-order valence-corrected chi connectivity index (χ0v) is 36.0. The van der Waals surface area contributed by atoms with Crippen LogP contribution >= 0.6 is 0 Å². The number of benzene rings is 1. The quantitative estimate of drug-likeness (QED) is 0.136. The van der Waals surface area contributed by atoms with Crippen molar-refractivity contribution in [3.8, 4) is 0 Å². The van der Waals surface area contributed by atoms with Gasteiger partial charge in [0.15, 0.2) is 16.6 Å². The molecule has 276 valence electrons. The summed E-state index contributed by atoms with van der Waals surface area (Å²) in [6, 6.07) is 6.92. The standard InChI is InChI=1S/C41H68O5SSi2/c1-29-17-21-34(22-18-29)47(42,43)44-28-30(2)35-23-24-36-33(16-15-25-41(35,36)10)20-19-32-26-37(45-48(11,12)39(4,5)6)31(3)38(27-32)46-49(13,14)40(7,8)9/h17-22,30,35-38H,3,15-16,23-28H2,1-2,4-14H3/b32-19-,33-20+/t30?,35-,36+,37-,38+,41-/m1/s1. The van der Waals surface area contributed by atoms with E-state index in [1.807, 2.05) is 19.1 Å². The summed E-state index contributed by atoms with van der Waals surface area (Å²) in [6.07, 6.45) is 12.3. The number of allylic oxidation sites excluding steroid dienone is 3. The number of hydrogen-bond donors (Lipinski definition) is 0. The lowest BCUT2D eigenvalue weighted by Crippen LogP contribution is -2.49. The summed E-state index contributed by atoms with van der Waals surface area (Å²) >= 11 is 0. The van der Waals surface area contributed by atoms with Gasteiger partial charge in [0, 0.05) is 0 Å². The lowest BCUT2D eigenvalue weighted by molar-refractivity contribution is 0.0760. The van der Waals surface area contributed by atoms with Crippen molar-refractivity contribution in [2.75, 3.05) is 6.61 Å². The van der Waals surface area contributed by atoms with Gasteiger partial charge in [0.1, 0.15) is 0 Å². The first-order chi connectivity index (χ1) is 22.4. The number of hydrogen-bond acceptors (Lipinski definition) is 5. The van der Waals surface area contributed by atoms with Gasteiger partial charge in [-0.05, 0) is 129 Å². The van der Waals surface area contributed by atoms with Crippen LogP contribution in [0.2, 0.25) is 36.3 Å². The van der Waals surface area contributed by atoms with E-state index < -0.39 is 26.8 Å². The molecule has 0 N–H and O–H groups in total. The molecular formula is C41H68O5SSi2. The molecule has 0 saturated heterocycles. The van der Waals surface area contributed by atoms with Gasteiger partial charge in [0.2, 0.25) is 0 Å². The summed E-state index contributed by atoms with van der Waals surface area (Å²) in [4.78, 5) is 0.233. The molecular weight excluding hydrogens is 661 g/mol. The summed E-state index contributed by atoms with van der Waals surface area (Å²) < 4.78 is 45.8. The van der Waals surface area contributed by atoms with E-state index in [4.69, 9.17) is 13.0 Å². The molecule has 0 spiro atoms.